The molecule has 0 bridgehead atoms. The number of hydrogen-bond acceptors (Lipinski definition) is 5. The van der Waals surface area contributed by atoms with Crippen LogP contribution in [0.25, 0.3) is 0 Å². The number of carbonyl (C=O) groups excluding carboxylic acids is 1. The summed E-state index contributed by atoms with van der Waals surface area (Å²) in [5, 5.41) is 0. The van der Waals surface area contributed by atoms with Crippen LogP contribution in [0.5, 0.6) is 11.5 Å². The van der Waals surface area contributed by atoms with Gasteiger partial charge in [0.15, 0.2) is 0 Å². The number of hydrogen-bond donors (Lipinski definition) is 1. The van der Waals surface area contributed by atoms with E-state index in [4.69, 9.17) is 9.47 Å². The van der Waals surface area contributed by atoms with Gasteiger partial charge in [-0.25, -0.2) is 4.98 Å². The summed E-state index contributed by atoms with van der Waals surface area (Å²) < 4.78 is 10.4. The standard InChI is InChI=1S/C23H23N3O4/c1-29-17-8-6-15(7-9-17)12-21-24-20-10-11-26(14-19(20)22(27)25-21)23(28)16-4-3-5-18(13-16)30-2/h3-9,13H,10-12,14H2,1-2H3,(H,24,25,27). The van der Waals surface area contributed by atoms with E-state index < -0.39 is 0 Å². The Hall–Kier alpha value is -3.61. The number of carbonyl (C=O) groups is 1. The number of aromatic amines is 1. The molecule has 7 nitrogen and oxygen atoms in total. The maximum Gasteiger partial charge on any atom is 0.256 e. The van der Waals surface area contributed by atoms with E-state index in [1.54, 1.807) is 43.4 Å². The zero-order valence-electron chi connectivity index (χ0n) is 17.0. The van der Waals surface area contributed by atoms with Crippen LogP contribution in [0.4, 0.5) is 0 Å². The Morgan fingerprint density at radius 3 is 2.60 bits per heavy atom. The van der Waals surface area contributed by atoms with Crippen LogP contribution in [-0.4, -0.2) is 41.5 Å². The molecule has 0 spiro atoms. The zero-order chi connectivity index (χ0) is 21.1. The second-order valence-electron chi connectivity index (χ2n) is 7.17. The molecule has 7 heteroatoms. The number of methoxy groups -OCH3 is 2. The lowest BCUT2D eigenvalue weighted by Gasteiger charge is -2.28. The Labute approximate surface area is 174 Å². The molecule has 0 atom stereocenters. The summed E-state index contributed by atoms with van der Waals surface area (Å²) in [6, 6.07) is 14.7. The fourth-order valence-electron chi connectivity index (χ4n) is 3.61. The number of amides is 1. The minimum atomic E-state index is -0.188. The number of nitrogens with zero attached hydrogens (tertiary/aromatic N) is 2. The van der Waals surface area contributed by atoms with Gasteiger partial charge in [0.1, 0.15) is 17.3 Å². The van der Waals surface area contributed by atoms with Gasteiger partial charge < -0.3 is 19.4 Å². The van der Waals surface area contributed by atoms with Crippen molar-refractivity contribution in [3.8, 4) is 11.5 Å². The molecule has 0 fully saturated rings. The van der Waals surface area contributed by atoms with Gasteiger partial charge in [-0.1, -0.05) is 18.2 Å². The molecule has 1 aromatic heterocycles. The number of nitrogens with one attached hydrogen (secondary N) is 1. The minimum Gasteiger partial charge on any atom is -0.497 e. The first-order valence-corrected chi connectivity index (χ1v) is 9.74. The largest absolute Gasteiger partial charge is 0.497 e. The van der Waals surface area contributed by atoms with Crippen molar-refractivity contribution in [1.29, 1.82) is 0 Å². The Bertz CT molecular complexity index is 1120. The van der Waals surface area contributed by atoms with E-state index in [-0.39, 0.29) is 18.0 Å². The van der Waals surface area contributed by atoms with Crippen LogP contribution in [0.1, 0.15) is 33.0 Å². The monoisotopic (exact) mass is 405 g/mol. The molecule has 0 saturated carbocycles. The predicted octanol–water partition coefficient (Wildman–Crippen LogP) is 2.58. The molecule has 0 radical (unpaired) electrons. The summed E-state index contributed by atoms with van der Waals surface area (Å²) in [6.45, 7) is 0.762. The van der Waals surface area contributed by atoms with E-state index in [1.165, 1.54) is 0 Å². The van der Waals surface area contributed by atoms with Gasteiger partial charge in [0.25, 0.3) is 11.5 Å². The first-order valence-electron chi connectivity index (χ1n) is 9.74. The lowest BCUT2D eigenvalue weighted by atomic mass is 10.0. The molecule has 3 aromatic rings. The molecule has 2 heterocycles. The first kappa shape index (κ1) is 19.7. The van der Waals surface area contributed by atoms with Crippen LogP contribution in [0.3, 0.4) is 0 Å². The second-order valence-corrected chi connectivity index (χ2v) is 7.17. The van der Waals surface area contributed by atoms with E-state index in [9.17, 15) is 9.59 Å². The molecule has 154 valence electrons. The highest BCUT2D eigenvalue weighted by Gasteiger charge is 2.25. The highest BCUT2D eigenvalue weighted by atomic mass is 16.5. The minimum absolute atomic E-state index is 0.124. The molecule has 2 aromatic carbocycles. The molecule has 30 heavy (non-hydrogen) atoms. The average Bonchev–Trinajstić information content (AvgIpc) is 2.79. The van der Waals surface area contributed by atoms with Gasteiger partial charge in [-0.3, -0.25) is 9.59 Å². The van der Waals surface area contributed by atoms with Gasteiger partial charge in [0.2, 0.25) is 0 Å². The molecule has 1 N–H and O–H groups in total. The fraction of sp³-hybridized carbons (Fsp3) is 0.261. The van der Waals surface area contributed by atoms with Gasteiger partial charge in [0.05, 0.1) is 32.0 Å². The van der Waals surface area contributed by atoms with Crippen LogP contribution in [0, 0.1) is 0 Å². The van der Waals surface area contributed by atoms with Crippen molar-refractivity contribution < 1.29 is 14.3 Å². The topological polar surface area (TPSA) is 84.5 Å². The SMILES string of the molecule is COc1ccc(Cc2nc3c(c(=O)[nH]2)CN(C(=O)c2cccc(OC)c2)CC3)cc1. The molecule has 1 aliphatic heterocycles. The number of ether oxygens (including phenoxy) is 2. The smallest absolute Gasteiger partial charge is 0.256 e. The van der Waals surface area contributed by atoms with Crippen LogP contribution in [-0.2, 0) is 19.4 Å². The lowest BCUT2D eigenvalue weighted by Crippen LogP contribution is -2.39. The van der Waals surface area contributed by atoms with Gasteiger partial charge in [0, 0.05) is 24.9 Å². The van der Waals surface area contributed by atoms with Crippen molar-refractivity contribution in [2.75, 3.05) is 20.8 Å². The summed E-state index contributed by atoms with van der Waals surface area (Å²) in [4.78, 5) is 34.8. The molecular weight excluding hydrogens is 382 g/mol. The summed E-state index contributed by atoms with van der Waals surface area (Å²) in [7, 11) is 3.19. The van der Waals surface area contributed by atoms with Gasteiger partial charge in [-0.15, -0.1) is 0 Å². The first-order chi connectivity index (χ1) is 14.6. The summed E-state index contributed by atoms with van der Waals surface area (Å²) in [5.74, 6) is 1.91. The zero-order valence-corrected chi connectivity index (χ0v) is 17.0. The van der Waals surface area contributed by atoms with E-state index >= 15 is 0 Å². The quantitative estimate of drug-likeness (QED) is 0.705. The normalized spacial score (nSPS) is 12.9. The third-order valence-electron chi connectivity index (χ3n) is 5.25. The highest BCUT2D eigenvalue weighted by Crippen LogP contribution is 2.20. The van der Waals surface area contributed by atoms with E-state index in [0.717, 1.165) is 17.0 Å². The molecule has 0 unspecified atom stereocenters. The fourth-order valence-corrected chi connectivity index (χ4v) is 3.61. The Kier molecular flexibility index (Phi) is 5.52. The Balaban J connectivity index is 1.52. The average molecular weight is 405 g/mol. The lowest BCUT2D eigenvalue weighted by molar-refractivity contribution is 0.0732. The Morgan fingerprint density at radius 2 is 1.87 bits per heavy atom. The van der Waals surface area contributed by atoms with Gasteiger partial charge in [-0.05, 0) is 35.9 Å². The van der Waals surface area contributed by atoms with Crippen LogP contribution in [0.15, 0.2) is 53.3 Å². The van der Waals surface area contributed by atoms with Gasteiger partial charge in [-0.2, -0.15) is 0 Å². The number of benzene rings is 2. The summed E-state index contributed by atoms with van der Waals surface area (Å²) >= 11 is 0. The summed E-state index contributed by atoms with van der Waals surface area (Å²) in [5.41, 5.74) is 2.70. The van der Waals surface area contributed by atoms with E-state index in [0.29, 0.717) is 42.1 Å². The molecular formula is C23H23N3O4. The van der Waals surface area contributed by atoms with E-state index in [1.807, 2.05) is 24.3 Å². The Morgan fingerprint density at radius 1 is 1.10 bits per heavy atom. The summed E-state index contributed by atoms with van der Waals surface area (Å²) in [6.07, 6.45) is 1.07. The maximum absolute atomic E-state index is 12.9. The van der Waals surface area contributed by atoms with Crippen molar-refractivity contribution in [3.05, 3.63) is 87.1 Å². The van der Waals surface area contributed by atoms with Crippen molar-refractivity contribution in [1.82, 2.24) is 14.9 Å². The van der Waals surface area contributed by atoms with Gasteiger partial charge >= 0.3 is 0 Å². The third kappa shape index (κ3) is 4.05. The molecule has 0 aliphatic carbocycles. The van der Waals surface area contributed by atoms with Crippen LogP contribution in [0.2, 0.25) is 0 Å². The van der Waals surface area contributed by atoms with Crippen LogP contribution >= 0.6 is 0 Å². The second kappa shape index (κ2) is 8.41. The highest BCUT2D eigenvalue weighted by molar-refractivity contribution is 5.94. The molecule has 1 amide bonds. The van der Waals surface area contributed by atoms with Crippen molar-refractivity contribution in [3.63, 3.8) is 0 Å². The van der Waals surface area contributed by atoms with Crippen molar-refractivity contribution in [2.24, 2.45) is 0 Å². The maximum atomic E-state index is 12.9. The predicted molar refractivity (Wildman–Crippen MR) is 112 cm³/mol. The van der Waals surface area contributed by atoms with Crippen molar-refractivity contribution >= 4 is 5.91 Å². The van der Waals surface area contributed by atoms with E-state index in [2.05, 4.69) is 9.97 Å². The molecule has 1 aliphatic rings. The number of aromatic nitrogens is 2. The van der Waals surface area contributed by atoms with Crippen molar-refractivity contribution in [2.45, 2.75) is 19.4 Å². The number of H-pyrrole nitrogens is 1. The third-order valence-corrected chi connectivity index (χ3v) is 5.25. The molecule has 4 rings (SSSR count). The number of rotatable bonds is 5. The molecule has 0 saturated heterocycles. The number of fused-ring (bicyclic) bond motifs is 1. The van der Waals surface area contributed by atoms with Crippen LogP contribution < -0.4 is 15.0 Å².